The van der Waals surface area contributed by atoms with Crippen LogP contribution < -0.4 is 10.1 Å². The first-order valence-corrected chi connectivity index (χ1v) is 8.11. The number of nitrogens with zero attached hydrogens (tertiary/aromatic N) is 1. The van der Waals surface area contributed by atoms with Crippen LogP contribution in [0.4, 0.5) is 0 Å². The third kappa shape index (κ3) is 3.11. The van der Waals surface area contributed by atoms with Crippen molar-refractivity contribution in [2.75, 3.05) is 7.11 Å². The third-order valence-electron chi connectivity index (χ3n) is 4.08. The van der Waals surface area contributed by atoms with Crippen molar-refractivity contribution >= 4 is 11.8 Å². The molecule has 1 aromatic rings. The molecule has 2 aliphatic rings. The minimum absolute atomic E-state index is 0.280. The summed E-state index contributed by atoms with van der Waals surface area (Å²) in [6.07, 6.45) is 5.49. The zero-order valence-corrected chi connectivity index (χ0v) is 12.6. The van der Waals surface area contributed by atoms with Crippen molar-refractivity contribution in [2.45, 2.75) is 53.8 Å². The SMILES string of the molecule is COc1cccc(SC2CCC(C#N)(NC3CC3)C2)c1. The van der Waals surface area contributed by atoms with Crippen LogP contribution in [0, 0.1) is 11.3 Å². The maximum Gasteiger partial charge on any atom is 0.119 e. The molecule has 4 heteroatoms. The summed E-state index contributed by atoms with van der Waals surface area (Å²) < 4.78 is 5.26. The average molecular weight is 288 g/mol. The lowest BCUT2D eigenvalue weighted by Crippen LogP contribution is -2.43. The van der Waals surface area contributed by atoms with E-state index in [1.54, 1.807) is 7.11 Å². The zero-order valence-electron chi connectivity index (χ0n) is 11.8. The number of nitrogens with one attached hydrogen (secondary N) is 1. The Morgan fingerprint density at radius 1 is 1.40 bits per heavy atom. The summed E-state index contributed by atoms with van der Waals surface area (Å²) in [5, 5.41) is 13.6. The Balaban J connectivity index is 1.63. The number of thioether (sulfide) groups is 1. The van der Waals surface area contributed by atoms with E-state index < -0.39 is 0 Å². The maximum absolute atomic E-state index is 9.52. The third-order valence-corrected chi connectivity index (χ3v) is 5.35. The molecular formula is C16H20N2OS. The Kier molecular flexibility index (Phi) is 3.91. The maximum atomic E-state index is 9.52. The van der Waals surface area contributed by atoms with Gasteiger partial charge in [0, 0.05) is 16.2 Å². The smallest absolute Gasteiger partial charge is 0.119 e. The molecule has 0 bridgehead atoms. The van der Waals surface area contributed by atoms with Crippen LogP contribution in [0.3, 0.4) is 0 Å². The van der Waals surface area contributed by atoms with Gasteiger partial charge in [-0.3, -0.25) is 5.32 Å². The lowest BCUT2D eigenvalue weighted by Gasteiger charge is -2.22. The van der Waals surface area contributed by atoms with Gasteiger partial charge in [0.2, 0.25) is 0 Å². The molecule has 0 radical (unpaired) electrons. The van der Waals surface area contributed by atoms with Crippen molar-refractivity contribution in [1.82, 2.24) is 5.32 Å². The van der Waals surface area contributed by atoms with Crippen molar-refractivity contribution in [3.63, 3.8) is 0 Å². The van der Waals surface area contributed by atoms with Gasteiger partial charge in [0.15, 0.2) is 0 Å². The van der Waals surface area contributed by atoms with Gasteiger partial charge in [-0.15, -0.1) is 11.8 Å². The molecule has 2 aliphatic carbocycles. The molecular weight excluding hydrogens is 268 g/mol. The van der Waals surface area contributed by atoms with Crippen LogP contribution in [0.15, 0.2) is 29.2 Å². The summed E-state index contributed by atoms with van der Waals surface area (Å²) in [7, 11) is 1.69. The van der Waals surface area contributed by atoms with Gasteiger partial charge in [-0.2, -0.15) is 5.26 Å². The van der Waals surface area contributed by atoms with Gasteiger partial charge in [0.25, 0.3) is 0 Å². The van der Waals surface area contributed by atoms with E-state index in [1.807, 2.05) is 23.9 Å². The zero-order chi connectivity index (χ0) is 14.0. The second-order valence-corrected chi connectivity index (χ2v) is 7.15. The Labute approximate surface area is 124 Å². The molecule has 0 heterocycles. The van der Waals surface area contributed by atoms with Crippen molar-refractivity contribution < 1.29 is 4.74 Å². The molecule has 3 rings (SSSR count). The van der Waals surface area contributed by atoms with Crippen LogP contribution in [-0.4, -0.2) is 23.9 Å². The van der Waals surface area contributed by atoms with E-state index in [2.05, 4.69) is 23.5 Å². The van der Waals surface area contributed by atoms with Crippen molar-refractivity contribution in [3.05, 3.63) is 24.3 Å². The molecule has 0 spiro atoms. The van der Waals surface area contributed by atoms with Gasteiger partial charge in [-0.05, 0) is 50.3 Å². The molecule has 1 aromatic carbocycles. The molecule has 2 unspecified atom stereocenters. The lowest BCUT2D eigenvalue weighted by atomic mass is 10.00. The first-order valence-electron chi connectivity index (χ1n) is 7.23. The van der Waals surface area contributed by atoms with Gasteiger partial charge in [0.1, 0.15) is 11.3 Å². The molecule has 0 amide bonds. The molecule has 2 saturated carbocycles. The van der Waals surface area contributed by atoms with Crippen LogP contribution in [-0.2, 0) is 0 Å². The van der Waals surface area contributed by atoms with E-state index in [-0.39, 0.29) is 5.54 Å². The van der Waals surface area contributed by atoms with E-state index in [0.717, 1.165) is 25.0 Å². The highest BCUT2D eigenvalue weighted by Crippen LogP contribution is 2.42. The van der Waals surface area contributed by atoms with E-state index in [0.29, 0.717) is 11.3 Å². The number of rotatable bonds is 5. The molecule has 3 nitrogen and oxygen atoms in total. The fourth-order valence-corrected chi connectivity index (χ4v) is 4.18. The topological polar surface area (TPSA) is 45.0 Å². The van der Waals surface area contributed by atoms with E-state index in [1.165, 1.54) is 17.7 Å². The van der Waals surface area contributed by atoms with Gasteiger partial charge in [-0.1, -0.05) is 6.07 Å². The van der Waals surface area contributed by atoms with Crippen LogP contribution in [0.5, 0.6) is 5.75 Å². The van der Waals surface area contributed by atoms with Crippen molar-refractivity contribution in [3.8, 4) is 11.8 Å². The number of nitriles is 1. The fourth-order valence-electron chi connectivity index (χ4n) is 2.85. The predicted molar refractivity (Wildman–Crippen MR) is 81.0 cm³/mol. The highest BCUT2D eigenvalue weighted by Gasteiger charge is 2.43. The van der Waals surface area contributed by atoms with E-state index in [4.69, 9.17) is 4.74 Å². The van der Waals surface area contributed by atoms with Crippen LogP contribution in [0.1, 0.15) is 32.1 Å². The van der Waals surface area contributed by atoms with Gasteiger partial charge in [-0.25, -0.2) is 0 Å². The quantitative estimate of drug-likeness (QED) is 0.902. The van der Waals surface area contributed by atoms with Gasteiger partial charge in [0.05, 0.1) is 13.2 Å². The molecule has 0 aliphatic heterocycles. The lowest BCUT2D eigenvalue weighted by molar-refractivity contribution is 0.413. The molecule has 2 fully saturated rings. The van der Waals surface area contributed by atoms with Gasteiger partial charge < -0.3 is 4.74 Å². The number of benzene rings is 1. The first-order chi connectivity index (χ1) is 9.73. The second kappa shape index (κ2) is 5.67. The van der Waals surface area contributed by atoms with Crippen molar-refractivity contribution in [1.29, 1.82) is 5.26 Å². The minimum Gasteiger partial charge on any atom is -0.497 e. The van der Waals surface area contributed by atoms with Crippen molar-refractivity contribution in [2.24, 2.45) is 0 Å². The minimum atomic E-state index is -0.280. The van der Waals surface area contributed by atoms with Gasteiger partial charge >= 0.3 is 0 Å². The molecule has 106 valence electrons. The summed E-state index contributed by atoms with van der Waals surface area (Å²) in [5.74, 6) is 0.899. The Morgan fingerprint density at radius 3 is 2.95 bits per heavy atom. The molecule has 0 saturated heterocycles. The monoisotopic (exact) mass is 288 g/mol. The summed E-state index contributed by atoms with van der Waals surface area (Å²) >= 11 is 1.87. The average Bonchev–Trinajstić information content (AvgIpc) is 3.19. The second-order valence-electron chi connectivity index (χ2n) is 5.77. The number of hydrogen-bond acceptors (Lipinski definition) is 4. The predicted octanol–water partition coefficient (Wildman–Crippen LogP) is 3.35. The highest BCUT2D eigenvalue weighted by atomic mass is 32.2. The van der Waals surface area contributed by atoms with Crippen LogP contribution in [0.2, 0.25) is 0 Å². The summed E-state index contributed by atoms with van der Waals surface area (Å²) in [6.45, 7) is 0. The number of methoxy groups -OCH3 is 1. The van der Waals surface area contributed by atoms with Crippen LogP contribution in [0.25, 0.3) is 0 Å². The Morgan fingerprint density at radius 2 is 2.25 bits per heavy atom. The summed E-state index contributed by atoms with van der Waals surface area (Å²) in [6, 6.07) is 11.3. The first kappa shape index (κ1) is 13.8. The fraction of sp³-hybridized carbons (Fsp3) is 0.562. The summed E-state index contributed by atoms with van der Waals surface area (Å²) in [4.78, 5) is 1.23. The molecule has 20 heavy (non-hydrogen) atoms. The number of hydrogen-bond donors (Lipinski definition) is 1. The van der Waals surface area contributed by atoms with Crippen LogP contribution >= 0.6 is 11.8 Å². The highest BCUT2D eigenvalue weighted by molar-refractivity contribution is 8.00. The normalized spacial score (nSPS) is 29.1. The van der Waals surface area contributed by atoms with E-state index >= 15 is 0 Å². The van der Waals surface area contributed by atoms with E-state index in [9.17, 15) is 5.26 Å². The Bertz CT molecular complexity index is 523. The largest absolute Gasteiger partial charge is 0.497 e. The molecule has 1 N–H and O–H groups in total. The summed E-state index contributed by atoms with van der Waals surface area (Å²) in [5.41, 5.74) is -0.280. The standard InChI is InChI=1S/C16H20N2OS/c1-19-13-3-2-4-14(9-13)20-15-7-8-16(10-15,11-17)18-12-5-6-12/h2-4,9,12,15,18H,5-8,10H2,1H3. The Hall–Kier alpha value is -1.18. The molecule has 0 aromatic heterocycles. The molecule has 2 atom stereocenters. The number of ether oxygens (including phenoxy) is 1.